The molecule has 2 aromatic rings. The molecule has 1 aromatic heterocycles. The second-order valence-electron chi connectivity index (χ2n) is 8.14. The lowest BCUT2D eigenvalue weighted by atomic mass is 9.83. The highest BCUT2D eigenvalue weighted by molar-refractivity contribution is 5.78. The summed E-state index contributed by atoms with van der Waals surface area (Å²) >= 11 is 0. The molecule has 1 spiro atoms. The highest BCUT2D eigenvalue weighted by Gasteiger charge is 2.43. The van der Waals surface area contributed by atoms with Crippen LogP contribution in [0.1, 0.15) is 36.9 Å². The van der Waals surface area contributed by atoms with Crippen LogP contribution in [0, 0.1) is 0 Å². The Bertz CT molecular complexity index is 858. The van der Waals surface area contributed by atoms with E-state index in [4.69, 9.17) is 9.72 Å². The van der Waals surface area contributed by atoms with Crippen LogP contribution >= 0.6 is 0 Å². The lowest BCUT2D eigenvalue weighted by Crippen LogP contribution is -2.49. The number of carbonyl (C=O) groups is 1. The van der Waals surface area contributed by atoms with Crippen molar-refractivity contribution in [2.45, 2.75) is 43.7 Å². The number of hydrogen-bond donors (Lipinski definition) is 1. The Labute approximate surface area is 165 Å². The summed E-state index contributed by atoms with van der Waals surface area (Å²) in [6.07, 6.45) is 6.82. The fourth-order valence-corrected chi connectivity index (χ4v) is 4.29. The van der Waals surface area contributed by atoms with Gasteiger partial charge in [0, 0.05) is 30.9 Å². The molecule has 1 amide bonds. The second kappa shape index (κ2) is 7.26. The molecule has 146 valence electrons. The number of carbonyl (C=O) groups excluding carboxylic acids is 1. The zero-order valence-corrected chi connectivity index (χ0v) is 16.1. The van der Waals surface area contributed by atoms with Gasteiger partial charge in [0.2, 0.25) is 5.91 Å². The third-order valence-electron chi connectivity index (χ3n) is 6.05. The molecule has 1 saturated carbocycles. The molecule has 1 aliphatic carbocycles. The van der Waals surface area contributed by atoms with Crippen LogP contribution in [0.3, 0.4) is 0 Å². The van der Waals surface area contributed by atoms with Crippen LogP contribution in [0.4, 0.5) is 0 Å². The molecule has 1 saturated heterocycles. The van der Waals surface area contributed by atoms with Gasteiger partial charge in [0.05, 0.1) is 18.8 Å². The Morgan fingerprint density at radius 1 is 1.21 bits per heavy atom. The number of benzene rings is 1. The normalized spacial score (nSPS) is 21.3. The Morgan fingerprint density at radius 3 is 2.75 bits per heavy atom. The van der Waals surface area contributed by atoms with Gasteiger partial charge >= 0.3 is 0 Å². The van der Waals surface area contributed by atoms with Crippen molar-refractivity contribution >= 4 is 5.91 Å². The number of rotatable bonds is 4. The number of fused-ring (bicyclic) bond motifs is 2. The first-order chi connectivity index (χ1) is 13.7. The van der Waals surface area contributed by atoms with Crippen molar-refractivity contribution in [2.24, 2.45) is 0 Å². The summed E-state index contributed by atoms with van der Waals surface area (Å²) < 4.78 is 6.33. The molecule has 0 unspecified atom stereocenters. The lowest BCUT2D eigenvalue weighted by Gasteiger charge is -2.44. The summed E-state index contributed by atoms with van der Waals surface area (Å²) in [6, 6.07) is 10.5. The van der Waals surface area contributed by atoms with E-state index in [2.05, 4.69) is 15.2 Å². The van der Waals surface area contributed by atoms with Crippen molar-refractivity contribution in [3.8, 4) is 11.4 Å². The minimum atomic E-state index is -0.344. The number of aromatic nitrogens is 2. The van der Waals surface area contributed by atoms with Crippen LogP contribution in [0.25, 0.3) is 11.4 Å². The van der Waals surface area contributed by atoms with Crippen LogP contribution in [-0.2, 0) is 21.6 Å². The van der Waals surface area contributed by atoms with Crippen molar-refractivity contribution in [2.75, 3.05) is 26.2 Å². The van der Waals surface area contributed by atoms with Crippen molar-refractivity contribution in [1.82, 2.24) is 20.2 Å². The zero-order valence-electron chi connectivity index (χ0n) is 16.1. The highest BCUT2D eigenvalue weighted by atomic mass is 16.5. The van der Waals surface area contributed by atoms with E-state index in [-0.39, 0.29) is 11.5 Å². The summed E-state index contributed by atoms with van der Waals surface area (Å²) in [5.74, 6) is 0.910. The molecule has 3 aliphatic rings. The fourth-order valence-electron chi connectivity index (χ4n) is 4.29. The molecule has 5 rings (SSSR count). The van der Waals surface area contributed by atoms with E-state index in [1.807, 2.05) is 36.5 Å². The minimum absolute atomic E-state index is 0.150. The number of piperidine rings is 1. The maximum Gasteiger partial charge on any atom is 0.234 e. The average molecular weight is 378 g/mol. The standard InChI is InChI=1S/C22H26N4O2/c27-19(24-18-6-7-18)15-26-11-9-22(10-12-26)20-17(8-13-28-22)14-23-21(25-20)16-4-2-1-3-5-16/h1-5,14,18H,6-13,15H2,(H,24,27). The Morgan fingerprint density at radius 2 is 2.00 bits per heavy atom. The number of nitrogens with one attached hydrogen (secondary N) is 1. The molecule has 0 atom stereocenters. The number of amides is 1. The maximum atomic E-state index is 12.1. The van der Waals surface area contributed by atoms with Gasteiger partial charge in [-0.05, 0) is 37.7 Å². The van der Waals surface area contributed by atoms with Gasteiger partial charge in [0.25, 0.3) is 0 Å². The quantitative estimate of drug-likeness (QED) is 0.884. The molecule has 2 aliphatic heterocycles. The summed E-state index contributed by atoms with van der Waals surface area (Å²) in [7, 11) is 0. The van der Waals surface area contributed by atoms with E-state index in [0.29, 0.717) is 19.2 Å². The van der Waals surface area contributed by atoms with Crippen molar-refractivity contribution in [3.63, 3.8) is 0 Å². The Kier molecular flexibility index (Phi) is 4.61. The van der Waals surface area contributed by atoms with Crippen LogP contribution in [0.15, 0.2) is 36.5 Å². The van der Waals surface area contributed by atoms with Gasteiger partial charge in [-0.25, -0.2) is 9.97 Å². The fraction of sp³-hybridized carbons (Fsp3) is 0.500. The molecule has 6 heteroatoms. The van der Waals surface area contributed by atoms with E-state index in [0.717, 1.165) is 62.3 Å². The van der Waals surface area contributed by atoms with Gasteiger partial charge in [-0.3, -0.25) is 9.69 Å². The highest BCUT2D eigenvalue weighted by Crippen LogP contribution is 2.40. The number of hydrogen-bond acceptors (Lipinski definition) is 5. The predicted octanol–water partition coefficient (Wildman–Crippen LogP) is 2.29. The van der Waals surface area contributed by atoms with E-state index in [1.54, 1.807) is 0 Å². The van der Waals surface area contributed by atoms with E-state index < -0.39 is 0 Å². The third kappa shape index (κ3) is 3.54. The first-order valence-electron chi connectivity index (χ1n) is 10.3. The zero-order chi connectivity index (χ0) is 19.0. The molecule has 1 N–H and O–H groups in total. The topological polar surface area (TPSA) is 67.4 Å². The lowest BCUT2D eigenvalue weighted by molar-refractivity contribution is -0.126. The van der Waals surface area contributed by atoms with Gasteiger partial charge < -0.3 is 10.1 Å². The third-order valence-corrected chi connectivity index (χ3v) is 6.05. The van der Waals surface area contributed by atoms with Crippen molar-refractivity contribution < 1.29 is 9.53 Å². The average Bonchev–Trinajstić information content (AvgIpc) is 3.54. The Hall–Kier alpha value is -2.31. The number of nitrogens with zero attached hydrogens (tertiary/aromatic N) is 3. The summed E-state index contributed by atoms with van der Waals surface area (Å²) in [4.78, 5) is 23.9. The molecular weight excluding hydrogens is 352 g/mol. The summed E-state index contributed by atoms with van der Waals surface area (Å²) in [6.45, 7) is 2.89. The van der Waals surface area contributed by atoms with Crippen LogP contribution in [0.2, 0.25) is 0 Å². The first-order valence-corrected chi connectivity index (χ1v) is 10.3. The molecule has 0 radical (unpaired) electrons. The molecule has 0 bridgehead atoms. The molecule has 28 heavy (non-hydrogen) atoms. The number of ether oxygens (including phenoxy) is 1. The smallest absolute Gasteiger partial charge is 0.234 e. The predicted molar refractivity (Wildman–Crippen MR) is 106 cm³/mol. The molecule has 1 aromatic carbocycles. The second-order valence-corrected chi connectivity index (χ2v) is 8.14. The van der Waals surface area contributed by atoms with E-state index >= 15 is 0 Å². The minimum Gasteiger partial charge on any atom is -0.368 e. The summed E-state index contributed by atoms with van der Waals surface area (Å²) in [5, 5.41) is 3.08. The van der Waals surface area contributed by atoms with Gasteiger partial charge in [0.1, 0.15) is 5.60 Å². The van der Waals surface area contributed by atoms with E-state index in [9.17, 15) is 4.79 Å². The molecule has 6 nitrogen and oxygen atoms in total. The molecule has 3 heterocycles. The van der Waals surface area contributed by atoms with Crippen LogP contribution in [-0.4, -0.2) is 53.1 Å². The van der Waals surface area contributed by atoms with Crippen LogP contribution in [0.5, 0.6) is 0 Å². The maximum absolute atomic E-state index is 12.1. The van der Waals surface area contributed by atoms with Gasteiger partial charge in [-0.1, -0.05) is 30.3 Å². The van der Waals surface area contributed by atoms with Gasteiger partial charge in [-0.15, -0.1) is 0 Å². The summed E-state index contributed by atoms with van der Waals surface area (Å²) in [5.41, 5.74) is 2.93. The van der Waals surface area contributed by atoms with Crippen molar-refractivity contribution in [3.05, 3.63) is 47.8 Å². The van der Waals surface area contributed by atoms with Gasteiger partial charge in [0.15, 0.2) is 5.82 Å². The molecule has 2 fully saturated rings. The monoisotopic (exact) mass is 378 g/mol. The van der Waals surface area contributed by atoms with Crippen molar-refractivity contribution in [1.29, 1.82) is 0 Å². The van der Waals surface area contributed by atoms with Crippen LogP contribution < -0.4 is 5.32 Å². The first kappa shape index (κ1) is 17.8. The van der Waals surface area contributed by atoms with Gasteiger partial charge in [-0.2, -0.15) is 0 Å². The molecular formula is C22H26N4O2. The largest absolute Gasteiger partial charge is 0.368 e. The Balaban J connectivity index is 1.33. The number of likely N-dealkylation sites (tertiary alicyclic amines) is 1. The SMILES string of the molecule is O=C(CN1CCC2(CC1)OCCc1cnc(-c3ccccc3)nc12)NC1CC1. The van der Waals surface area contributed by atoms with E-state index in [1.165, 1.54) is 5.56 Å².